The van der Waals surface area contributed by atoms with Crippen LogP contribution in [-0.2, 0) is 4.79 Å². The molecule has 3 aromatic rings. The fraction of sp³-hybridized carbons (Fsp3) is 0.452. The molecule has 0 spiro atoms. The fourth-order valence-corrected chi connectivity index (χ4v) is 7.85. The van der Waals surface area contributed by atoms with Crippen LogP contribution in [-0.4, -0.2) is 54.9 Å². The van der Waals surface area contributed by atoms with Crippen LogP contribution >= 0.6 is 10.6 Å². The van der Waals surface area contributed by atoms with E-state index in [-0.39, 0.29) is 23.6 Å². The molecule has 8 nitrogen and oxygen atoms in total. The molecular weight excluding hydrogens is 541 g/mol. The lowest BCUT2D eigenvalue weighted by Gasteiger charge is -2.41. The van der Waals surface area contributed by atoms with E-state index >= 15 is 0 Å². The van der Waals surface area contributed by atoms with Gasteiger partial charge in [0.15, 0.2) is 0 Å². The minimum atomic E-state index is -2.47. The van der Waals surface area contributed by atoms with E-state index in [4.69, 9.17) is 5.10 Å². The first kappa shape index (κ1) is 26.5. The number of anilines is 1. The molecular formula is C31H34FN5O3S. The first-order valence-corrected chi connectivity index (χ1v) is 16.3. The number of rotatable bonds is 6. The van der Waals surface area contributed by atoms with Gasteiger partial charge in [0.25, 0.3) is 0 Å². The molecule has 4 fully saturated rings. The van der Waals surface area contributed by atoms with Crippen molar-refractivity contribution in [1.29, 1.82) is 5.26 Å². The highest BCUT2D eigenvalue weighted by atomic mass is 32.3. The van der Waals surface area contributed by atoms with E-state index < -0.39 is 16.1 Å². The van der Waals surface area contributed by atoms with Crippen molar-refractivity contribution < 1.29 is 18.3 Å². The molecule has 0 radical (unpaired) electrons. The lowest BCUT2D eigenvalue weighted by atomic mass is 9.75. The molecule has 214 valence electrons. The minimum absolute atomic E-state index is 0.0481. The third-order valence-corrected chi connectivity index (χ3v) is 11.1. The number of fused-ring (bicyclic) bond motifs is 1. The molecule has 3 aliphatic carbocycles. The second-order valence-electron chi connectivity index (χ2n) is 12.2. The summed E-state index contributed by atoms with van der Waals surface area (Å²) in [6.07, 6.45) is 6.19. The van der Waals surface area contributed by atoms with E-state index in [0.29, 0.717) is 49.3 Å². The largest absolute Gasteiger partial charge is 0.368 e. The van der Waals surface area contributed by atoms with Gasteiger partial charge in [0, 0.05) is 42.4 Å². The average molecular weight is 576 g/mol. The van der Waals surface area contributed by atoms with Crippen LogP contribution in [0.4, 0.5) is 10.1 Å². The Morgan fingerprint density at radius 1 is 1.00 bits per heavy atom. The van der Waals surface area contributed by atoms with E-state index in [1.165, 1.54) is 12.1 Å². The Morgan fingerprint density at radius 3 is 2.32 bits per heavy atom. The van der Waals surface area contributed by atoms with Crippen molar-refractivity contribution in [3.8, 4) is 22.9 Å². The van der Waals surface area contributed by atoms with Gasteiger partial charge < -0.3 is 10.2 Å². The van der Waals surface area contributed by atoms with Gasteiger partial charge in [0.1, 0.15) is 11.4 Å². The van der Waals surface area contributed by atoms with E-state index in [2.05, 4.69) is 40.6 Å². The summed E-state index contributed by atoms with van der Waals surface area (Å²) in [5.74, 6) is 1.20. The third kappa shape index (κ3) is 5.23. The number of nitrogens with zero attached hydrogens (tertiary/aromatic N) is 4. The van der Waals surface area contributed by atoms with Crippen molar-refractivity contribution in [3.05, 3.63) is 66.2 Å². The molecule has 3 saturated carbocycles. The number of benzene rings is 2. The quantitative estimate of drug-likeness (QED) is 0.355. The predicted molar refractivity (Wildman–Crippen MR) is 157 cm³/mol. The van der Waals surface area contributed by atoms with Gasteiger partial charge >= 0.3 is 0 Å². The molecule has 2 aromatic carbocycles. The SMILES string of the molecule is N#CC1(NC(=O)[C@@H]2CC3CC3C[C@H]2c2nn(-c3ccc(F)cc3)cc2-c2ccc(N3CCS(O)(O)CC3)cc2)CC1. The summed E-state index contributed by atoms with van der Waals surface area (Å²) >= 11 is 0. The number of halogens is 1. The molecule has 1 aliphatic heterocycles. The van der Waals surface area contributed by atoms with Crippen LogP contribution in [0.1, 0.15) is 43.7 Å². The maximum Gasteiger partial charge on any atom is 0.225 e. The van der Waals surface area contributed by atoms with Gasteiger partial charge in [-0.3, -0.25) is 13.9 Å². The molecule has 4 atom stereocenters. The third-order valence-electron chi connectivity index (χ3n) is 9.44. The van der Waals surface area contributed by atoms with E-state index in [9.17, 15) is 23.6 Å². The van der Waals surface area contributed by atoms with Crippen molar-refractivity contribution in [3.63, 3.8) is 0 Å². The number of hydrogen-bond acceptors (Lipinski definition) is 6. The second-order valence-corrected chi connectivity index (χ2v) is 14.6. The molecule has 10 heteroatoms. The smallest absolute Gasteiger partial charge is 0.225 e. The Hall–Kier alpha value is -3.39. The highest BCUT2D eigenvalue weighted by Crippen LogP contribution is 2.57. The second kappa shape index (κ2) is 9.86. The number of carbonyl (C=O) groups excluding carboxylic acids is 1. The molecule has 3 N–H and O–H groups in total. The number of hydrogen-bond donors (Lipinski definition) is 3. The Morgan fingerprint density at radius 2 is 1.66 bits per heavy atom. The van der Waals surface area contributed by atoms with Crippen molar-refractivity contribution in [2.75, 3.05) is 29.5 Å². The summed E-state index contributed by atoms with van der Waals surface area (Å²) in [6.45, 7) is 1.20. The van der Waals surface area contributed by atoms with Crippen molar-refractivity contribution >= 4 is 22.2 Å². The average Bonchev–Trinajstić information content (AvgIpc) is 3.88. The highest BCUT2D eigenvalue weighted by Gasteiger charge is 2.52. The van der Waals surface area contributed by atoms with Crippen molar-refractivity contribution in [1.82, 2.24) is 15.1 Å². The standard InChI is InChI=1S/C31H34FN5O3S/c32-23-3-7-25(8-4-23)37-18-28(20-1-5-24(6-2-20)36-11-13-41(39,40)14-12-36)29(35-37)26-16-21-15-22(21)17-27(26)30(38)34-31(19-33)9-10-31/h1-8,18,21-22,26-27,39-40H,9-17H2,(H,34,38)/t21?,22?,26-,27-/m1/s1. The van der Waals surface area contributed by atoms with Gasteiger partial charge in [-0.1, -0.05) is 12.1 Å². The van der Waals surface area contributed by atoms with E-state index in [0.717, 1.165) is 47.5 Å². The van der Waals surface area contributed by atoms with Gasteiger partial charge in [-0.2, -0.15) is 21.0 Å². The maximum absolute atomic E-state index is 13.7. The Bertz CT molecular complexity index is 1500. The Kier molecular flexibility index (Phi) is 6.38. The van der Waals surface area contributed by atoms with Gasteiger partial charge in [-0.25, -0.2) is 9.07 Å². The molecule has 0 bridgehead atoms. The molecule has 1 saturated heterocycles. The molecule has 2 unspecified atom stereocenters. The molecule has 1 aromatic heterocycles. The maximum atomic E-state index is 13.7. The predicted octanol–water partition coefficient (Wildman–Crippen LogP) is 5.55. The Labute approximate surface area is 240 Å². The molecule has 7 rings (SSSR count). The molecule has 1 amide bonds. The van der Waals surface area contributed by atoms with Gasteiger partial charge in [-0.05, 0) is 85.9 Å². The monoisotopic (exact) mass is 575 g/mol. The zero-order valence-electron chi connectivity index (χ0n) is 22.7. The van der Waals surface area contributed by atoms with Crippen LogP contribution in [0.2, 0.25) is 0 Å². The summed E-state index contributed by atoms with van der Waals surface area (Å²) in [5, 5.41) is 17.7. The van der Waals surface area contributed by atoms with Crippen LogP contribution < -0.4 is 10.2 Å². The topological polar surface area (TPSA) is 114 Å². The first-order chi connectivity index (χ1) is 19.7. The first-order valence-electron chi connectivity index (χ1n) is 14.4. The number of amides is 1. The summed E-state index contributed by atoms with van der Waals surface area (Å²) in [7, 11) is -2.47. The number of nitrogens with one attached hydrogen (secondary N) is 1. The van der Waals surface area contributed by atoms with Crippen LogP contribution in [0, 0.1) is 34.9 Å². The van der Waals surface area contributed by atoms with Crippen LogP contribution in [0.25, 0.3) is 16.8 Å². The van der Waals surface area contributed by atoms with Crippen molar-refractivity contribution in [2.24, 2.45) is 17.8 Å². The van der Waals surface area contributed by atoms with Crippen LogP contribution in [0.3, 0.4) is 0 Å². The minimum Gasteiger partial charge on any atom is -0.368 e. The molecule has 41 heavy (non-hydrogen) atoms. The van der Waals surface area contributed by atoms with E-state index in [1.54, 1.807) is 16.8 Å². The summed E-state index contributed by atoms with van der Waals surface area (Å²) in [5.41, 5.74) is 3.84. The van der Waals surface area contributed by atoms with Crippen LogP contribution in [0.5, 0.6) is 0 Å². The van der Waals surface area contributed by atoms with Gasteiger partial charge in [-0.15, -0.1) is 0 Å². The lowest BCUT2D eigenvalue weighted by Crippen LogP contribution is -2.43. The van der Waals surface area contributed by atoms with Crippen LogP contribution in [0.15, 0.2) is 54.7 Å². The normalized spacial score (nSPS) is 28.2. The highest BCUT2D eigenvalue weighted by molar-refractivity contribution is 8.24. The van der Waals surface area contributed by atoms with Gasteiger partial charge in [0.05, 0.1) is 29.0 Å². The number of carbonyl (C=O) groups is 1. The zero-order chi connectivity index (χ0) is 28.4. The van der Waals surface area contributed by atoms with Crippen molar-refractivity contribution in [2.45, 2.75) is 43.6 Å². The fourth-order valence-electron chi connectivity index (χ4n) is 6.63. The lowest BCUT2D eigenvalue weighted by molar-refractivity contribution is -0.127. The van der Waals surface area contributed by atoms with Gasteiger partial charge in [0.2, 0.25) is 5.91 Å². The zero-order valence-corrected chi connectivity index (χ0v) is 23.6. The molecule has 4 aliphatic rings. The number of aromatic nitrogens is 2. The summed E-state index contributed by atoms with van der Waals surface area (Å²) in [6, 6.07) is 16.8. The number of nitriles is 1. The summed E-state index contributed by atoms with van der Waals surface area (Å²) in [4.78, 5) is 15.8. The van der Waals surface area contributed by atoms with E-state index in [1.807, 2.05) is 6.20 Å². The molecule has 2 heterocycles. The summed E-state index contributed by atoms with van der Waals surface area (Å²) < 4.78 is 35.5. The Balaban J connectivity index is 1.24.